The van der Waals surface area contributed by atoms with E-state index in [0.717, 1.165) is 57.8 Å². The first-order valence-electron chi connectivity index (χ1n) is 23.1. The fourth-order valence-corrected chi connectivity index (χ4v) is 6.59. The summed E-state index contributed by atoms with van der Waals surface area (Å²) in [6, 6.07) is 0. The van der Waals surface area contributed by atoms with Gasteiger partial charge in [-0.15, -0.1) is 0 Å². The van der Waals surface area contributed by atoms with Gasteiger partial charge in [0.05, 0.1) is 13.2 Å². The number of nitrogens with two attached hydrogens (primary N) is 1. The molecule has 3 N–H and O–H groups in total. The van der Waals surface area contributed by atoms with Crippen LogP contribution >= 0.6 is 7.82 Å². The van der Waals surface area contributed by atoms with Crippen LogP contribution in [0.5, 0.6) is 0 Å². The van der Waals surface area contributed by atoms with E-state index >= 15 is 0 Å². The van der Waals surface area contributed by atoms with Crippen molar-refractivity contribution < 1.29 is 37.6 Å². The van der Waals surface area contributed by atoms with E-state index in [1.807, 2.05) is 12.2 Å². The molecule has 0 aliphatic carbocycles. The third-order valence-corrected chi connectivity index (χ3v) is 10.3. The monoisotopic (exact) mass is 846 g/mol. The molecule has 0 aromatic carbocycles. The van der Waals surface area contributed by atoms with Crippen molar-refractivity contribution in [3.63, 3.8) is 0 Å². The number of hydrogen-bond acceptors (Lipinski definition) is 8. The minimum Gasteiger partial charge on any atom is -0.462 e. The lowest BCUT2D eigenvalue weighted by Crippen LogP contribution is -2.29. The molecule has 0 spiro atoms. The Morgan fingerprint density at radius 2 is 0.915 bits per heavy atom. The van der Waals surface area contributed by atoms with Crippen LogP contribution in [-0.2, 0) is 32.7 Å². The van der Waals surface area contributed by atoms with Crippen LogP contribution in [0, 0.1) is 0 Å². The van der Waals surface area contributed by atoms with E-state index in [-0.39, 0.29) is 32.6 Å². The second-order valence-corrected chi connectivity index (χ2v) is 16.4. The van der Waals surface area contributed by atoms with E-state index < -0.39 is 32.5 Å². The SMILES string of the molecule is CCCCC/C=C/C/C=C/C/C=C/C/C=C/C/C=C/CCC(=O)OC[C@H](COP(=O)(O)OCCN)OC(=O)CCCCCCCCCCC/C=C/C/C=C/CCCCC. The molecular weight excluding hydrogens is 762 g/mol. The van der Waals surface area contributed by atoms with E-state index in [2.05, 4.69) is 86.8 Å². The second-order valence-electron chi connectivity index (χ2n) is 14.9. The van der Waals surface area contributed by atoms with Crippen LogP contribution in [0.2, 0.25) is 0 Å². The maximum atomic E-state index is 12.6. The Labute approximate surface area is 360 Å². The van der Waals surface area contributed by atoms with Crippen molar-refractivity contribution in [2.75, 3.05) is 26.4 Å². The maximum absolute atomic E-state index is 12.6. The van der Waals surface area contributed by atoms with E-state index in [0.29, 0.717) is 12.8 Å². The zero-order chi connectivity index (χ0) is 43.2. The van der Waals surface area contributed by atoms with Crippen LogP contribution in [0.15, 0.2) is 85.1 Å². The summed E-state index contributed by atoms with van der Waals surface area (Å²) < 4.78 is 32.7. The Bertz CT molecular complexity index is 1240. The molecule has 2 atom stereocenters. The van der Waals surface area contributed by atoms with Gasteiger partial charge in [0.2, 0.25) is 0 Å². The molecule has 0 radical (unpaired) electrons. The van der Waals surface area contributed by atoms with Gasteiger partial charge in [0, 0.05) is 19.4 Å². The van der Waals surface area contributed by atoms with Crippen LogP contribution < -0.4 is 5.73 Å². The summed E-state index contributed by atoms with van der Waals surface area (Å²) in [6.45, 7) is 3.58. The van der Waals surface area contributed by atoms with Gasteiger partial charge >= 0.3 is 19.8 Å². The Morgan fingerprint density at radius 1 is 0.508 bits per heavy atom. The number of ether oxygens (including phenoxy) is 2. The fourth-order valence-electron chi connectivity index (χ4n) is 5.82. The molecule has 0 amide bonds. The van der Waals surface area contributed by atoms with Crippen LogP contribution in [0.4, 0.5) is 0 Å². The van der Waals surface area contributed by atoms with E-state index in [9.17, 15) is 19.0 Å². The van der Waals surface area contributed by atoms with Gasteiger partial charge in [0.15, 0.2) is 6.10 Å². The molecule has 0 fully saturated rings. The molecule has 0 aromatic rings. The smallest absolute Gasteiger partial charge is 0.462 e. The highest BCUT2D eigenvalue weighted by Crippen LogP contribution is 2.43. The fraction of sp³-hybridized carbons (Fsp3) is 0.673. The van der Waals surface area contributed by atoms with Gasteiger partial charge in [-0.1, -0.05) is 170 Å². The predicted octanol–water partition coefficient (Wildman–Crippen LogP) is 13.6. The molecule has 338 valence electrons. The predicted molar refractivity (Wildman–Crippen MR) is 247 cm³/mol. The van der Waals surface area contributed by atoms with Gasteiger partial charge in [-0.2, -0.15) is 0 Å². The number of unbranched alkanes of at least 4 members (excludes halogenated alkanes) is 15. The zero-order valence-corrected chi connectivity index (χ0v) is 38.1. The molecule has 0 aliphatic rings. The lowest BCUT2D eigenvalue weighted by atomic mass is 10.1. The van der Waals surface area contributed by atoms with Gasteiger partial charge in [-0.3, -0.25) is 18.6 Å². The number of allylic oxidation sites excluding steroid dienone is 14. The van der Waals surface area contributed by atoms with E-state index in [1.165, 1.54) is 83.5 Å². The summed E-state index contributed by atoms with van der Waals surface area (Å²) in [7, 11) is -4.40. The van der Waals surface area contributed by atoms with Crippen molar-refractivity contribution in [1.29, 1.82) is 0 Å². The number of carbonyl (C=O) groups is 2. The third-order valence-electron chi connectivity index (χ3n) is 9.27. The Hall–Kier alpha value is -2.81. The Balaban J connectivity index is 4.26. The number of phosphoric acid groups is 1. The topological polar surface area (TPSA) is 134 Å². The summed E-state index contributed by atoms with van der Waals surface area (Å²) in [5.41, 5.74) is 5.35. The minimum atomic E-state index is -4.40. The van der Waals surface area contributed by atoms with Gasteiger partial charge in [0.25, 0.3) is 0 Å². The number of phosphoric ester groups is 1. The zero-order valence-electron chi connectivity index (χ0n) is 37.2. The molecule has 0 rings (SSSR count). The lowest BCUT2D eigenvalue weighted by molar-refractivity contribution is -0.161. The Morgan fingerprint density at radius 3 is 1.37 bits per heavy atom. The van der Waals surface area contributed by atoms with Gasteiger partial charge < -0.3 is 20.1 Å². The first kappa shape index (κ1) is 56.2. The molecule has 0 saturated heterocycles. The van der Waals surface area contributed by atoms with Crippen molar-refractivity contribution in [2.24, 2.45) is 5.73 Å². The molecule has 59 heavy (non-hydrogen) atoms. The van der Waals surface area contributed by atoms with Gasteiger partial charge in [-0.05, 0) is 83.5 Å². The second kappa shape index (κ2) is 44.7. The van der Waals surface area contributed by atoms with Crippen molar-refractivity contribution in [2.45, 2.75) is 187 Å². The third kappa shape index (κ3) is 44.6. The molecule has 9 nitrogen and oxygen atoms in total. The standard InChI is InChI=1S/C49H84NO8P/c1-3-5-7-9-11-13-15-17-19-21-23-25-27-29-31-33-35-37-39-41-48(51)55-45-47(46-57-59(53,54)56-44-43-50)58-49(52)42-40-38-36-34-32-30-28-26-24-22-20-18-16-14-12-10-8-6-4-2/h11-14,17-20,23,25,29,31,35,37,47H,3-10,15-16,21-22,24,26-28,30,32-34,36,38-46,50H2,1-2H3,(H,53,54)/b13-11+,14-12+,19-17+,20-18+,25-23+,31-29+,37-35+/t47-/m1/s1. The van der Waals surface area contributed by atoms with E-state index in [1.54, 1.807) is 0 Å². The lowest BCUT2D eigenvalue weighted by Gasteiger charge is -2.19. The van der Waals surface area contributed by atoms with Crippen LogP contribution in [0.3, 0.4) is 0 Å². The quantitative estimate of drug-likeness (QED) is 0.0266. The molecule has 0 aromatic heterocycles. The highest BCUT2D eigenvalue weighted by atomic mass is 31.2. The van der Waals surface area contributed by atoms with Crippen LogP contribution in [0.25, 0.3) is 0 Å². The first-order chi connectivity index (χ1) is 28.8. The molecular formula is C49H84NO8P. The molecule has 10 heteroatoms. The number of hydrogen-bond donors (Lipinski definition) is 2. The molecule has 0 heterocycles. The molecule has 0 aliphatic heterocycles. The highest BCUT2D eigenvalue weighted by molar-refractivity contribution is 7.47. The summed E-state index contributed by atoms with van der Waals surface area (Å²) in [6.07, 6.45) is 56.2. The van der Waals surface area contributed by atoms with Crippen molar-refractivity contribution >= 4 is 19.8 Å². The number of carbonyl (C=O) groups excluding carboxylic acids is 2. The summed E-state index contributed by atoms with van der Waals surface area (Å²) in [4.78, 5) is 34.9. The minimum absolute atomic E-state index is 0.0392. The summed E-state index contributed by atoms with van der Waals surface area (Å²) in [5.74, 6) is -0.935. The number of rotatable bonds is 42. The van der Waals surface area contributed by atoms with E-state index in [4.69, 9.17) is 24.3 Å². The normalized spacial score (nSPS) is 14.0. The van der Waals surface area contributed by atoms with Crippen LogP contribution in [0.1, 0.15) is 181 Å². The number of esters is 2. The molecule has 1 unspecified atom stereocenters. The van der Waals surface area contributed by atoms with Crippen LogP contribution in [-0.4, -0.2) is 49.3 Å². The van der Waals surface area contributed by atoms with Crippen molar-refractivity contribution in [3.8, 4) is 0 Å². The van der Waals surface area contributed by atoms with Crippen molar-refractivity contribution in [1.82, 2.24) is 0 Å². The van der Waals surface area contributed by atoms with Crippen molar-refractivity contribution in [3.05, 3.63) is 85.1 Å². The molecule has 0 saturated carbocycles. The highest BCUT2D eigenvalue weighted by Gasteiger charge is 2.25. The first-order valence-corrected chi connectivity index (χ1v) is 24.6. The van der Waals surface area contributed by atoms with Gasteiger partial charge in [0.1, 0.15) is 6.61 Å². The average Bonchev–Trinajstić information content (AvgIpc) is 3.22. The Kier molecular flexibility index (Phi) is 42.6. The van der Waals surface area contributed by atoms with Gasteiger partial charge in [-0.25, -0.2) is 4.57 Å². The largest absolute Gasteiger partial charge is 0.472 e. The molecule has 0 bridgehead atoms. The maximum Gasteiger partial charge on any atom is 0.472 e. The summed E-state index contributed by atoms with van der Waals surface area (Å²) >= 11 is 0. The average molecular weight is 846 g/mol. The summed E-state index contributed by atoms with van der Waals surface area (Å²) in [5, 5.41) is 0.